The van der Waals surface area contributed by atoms with Crippen LogP contribution in [0.15, 0.2) is 23.1 Å². The monoisotopic (exact) mass is 496 g/mol. The van der Waals surface area contributed by atoms with Crippen molar-refractivity contribution in [3.8, 4) is 0 Å². The Balaban J connectivity index is 1.75. The summed E-state index contributed by atoms with van der Waals surface area (Å²) in [5.74, 6) is -0.326. The first-order valence-electron chi connectivity index (χ1n) is 11.6. The summed E-state index contributed by atoms with van der Waals surface area (Å²) in [4.78, 5) is 29.4. The molecule has 0 unspecified atom stereocenters. The van der Waals surface area contributed by atoms with Gasteiger partial charge in [-0.05, 0) is 51.8 Å². The summed E-state index contributed by atoms with van der Waals surface area (Å²) >= 11 is 0. The average Bonchev–Trinajstić information content (AvgIpc) is 2.78. The molecule has 11 heteroatoms. The third-order valence-electron chi connectivity index (χ3n) is 5.82. The number of nitrogens with zero attached hydrogens (tertiary/aromatic N) is 3. The zero-order valence-electron chi connectivity index (χ0n) is 20.7. The van der Waals surface area contributed by atoms with Gasteiger partial charge in [0.25, 0.3) is 5.91 Å². The predicted octanol–water partition coefficient (Wildman–Crippen LogP) is 1.90. The van der Waals surface area contributed by atoms with Gasteiger partial charge < -0.3 is 24.6 Å². The number of carbonyl (C=O) groups is 2. The van der Waals surface area contributed by atoms with Crippen LogP contribution in [0.4, 0.5) is 10.5 Å². The molecule has 0 spiro atoms. The number of morpholine rings is 1. The molecule has 2 saturated heterocycles. The van der Waals surface area contributed by atoms with E-state index in [9.17, 15) is 18.0 Å². The van der Waals surface area contributed by atoms with Gasteiger partial charge in [0.15, 0.2) is 0 Å². The molecule has 0 aliphatic carbocycles. The van der Waals surface area contributed by atoms with Crippen molar-refractivity contribution in [3.63, 3.8) is 0 Å². The normalized spacial score (nSPS) is 18.2. The minimum absolute atomic E-state index is 0.0689. The molecule has 2 fully saturated rings. The number of rotatable bonds is 5. The van der Waals surface area contributed by atoms with Gasteiger partial charge in [-0.3, -0.25) is 4.79 Å². The van der Waals surface area contributed by atoms with E-state index in [1.165, 1.54) is 26.2 Å². The fourth-order valence-electron chi connectivity index (χ4n) is 3.94. The number of likely N-dealkylation sites (tertiary alicyclic amines) is 1. The van der Waals surface area contributed by atoms with Gasteiger partial charge in [0, 0.05) is 52.0 Å². The van der Waals surface area contributed by atoms with Crippen molar-refractivity contribution < 1.29 is 27.5 Å². The highest BCUT2D eigenvalue weighted by molar-refractivity contribution is 7.89. The number of hydrogen-bond acceptors (Lipinski definition) is 7. The van der Waals surface area contributed by atoms with Crippen LogP contribution >= 0.6 is 0 Å². The molecular formula is C23H36N4O6S. The maximum absolute atomic E-state index is 13.3. The standard InChI is InChI=1S/C23H36N4O6S/c1-23(2,3)33-22(29)27-10-8-17(9-11-27)24-21(28)19-16-18(34(30,31)25(4)5)6-7-20(19)26-12-14-32-15-13-26/h6-7,16-17H,8-15H2,1-5H3,(H,24,28). The lowest BCUT2D eigenvalue weighted by Gasteiger charge is -2.34. The van der Waals surface area contributed by atoms with E-state index in [1.54, 1.807) is 11.0 Å². The largest absolute Gasteiger partial charge is 0.444 e. The molecule has 0 aromatic heterocycles. The Kier molecular flexibility index (Phi) is 8.10. The Hall–Kier alpha value is -2.37. The Morgan fingerprint density at radius 2 is 1.71 bits per heavy atom. The van der Waals surface area contributed by atoms with Crippen LogP contribution in [0.2, 0.25) is 0 Å². The molecule has 2 aliphatic rings. The number of hydrogen-bond donors (Lipinski definition) is 1. The smallest absolute Gasteiger partial charge is 0.410 e. The van der Waals surface area contributed by atoms with Crippen LogP contribution in [-0.4, -0.2) is 94.8 Å². The van der Waals surface area contributed by atoms with E-state index in [0.717, 1.165) is 4.31 Å². The number of sulfonamides is 1. The van der Waals surface area contributed by atoms with E-state index in [0.29, 0.717) is 63.5 Å². The van der Waals surface area contributed by atoms with Gasteiger partial charge >= 0.3 is 6.09 Å². The highest BCUT2D eigenvalue weighted by Crippen LogP contribution is 2.27. The molecule has 0 bridgehead atoms. The second-order valence-corrected chi connectivity index (χ2v) is 11.9. The fourth-order valence-corrected chi connectivity index (χ4v) is 4.87. The van der Waals surface area contributed by atoms with Crippen molar-refractivity contribution in [2.75, 3.05) is 58.4 Å². The van der Waals surface area contributed by atoms with Crippen LogP contribution < -0.4 is 10.2 Å². The van der Waals surface area contributed by atoms with Crippen LogP contribution in [0.5, 0.6) is 0 Å². The molecule has 10 nitrogen and oxygen atoms in total. The maximum Gasteiger partial charge on any atom is 0.410 e. The topological polar surface area (TPSA) is 108 Å². The summed E-state index contributed by atoms with van der Waals surface area (Å²) in [5, 5.41) is 3.05. The van der Waals surface area contributed by atoms with E-state index in [1.807, 2.05) is 25.7 Å². The summed E-state index contributed by atoms with van der Waals surface area (Å²) in [6.07, 6.45) is 0.828. The first-order chi connectivity index (χ1) is 15.9. The van der Waals surface area contributed by atoms with Gasteiger partial charge in [0.1, 0.15) is 5.60 Å². The molecule has 2 aliphatic heterocycles. The molecule has 2 amide bonds. The van der Waals surface area contributed by atoms with Crippen molar-refractivity contribution in [1.29, 1.82) is 0 Å². The second kappa shape index (κ2) is 10.5. The third kappa shape index (κ3) is 6.39. The van der Waals surface area contributed by atoms with E-state index in [2.05, 4.69) is 5.32 Å². The molecule has 3 rings (SSSR count). The number of benzene rings is 1. The Labute approximate surface area is 202 Å². The van der Waals surface area contributed by atoms with Gasteiger partial charge in [0.2, 0.25) is 10.0 Å². The molecule has 1 aromatic carbocycles. The predicted molar refractivity (Wildman–Crippen MR) is 129 cm³/mol. The SMILES string of the molecule is CN(C)S(=O)(=O)c1ccc(N2CCOCC2)c(C(=O)NC2CCN(C(=O)OC(C)(C)C)CC2)c1. The lowest BCUT2D eigenvalue weighted by Crippen LogP contribution is -2.48. The van der Waals surface area contributed by atoms with Crippen molar-refractivity contribution in [2.45, 2.75) is 50.2 Å². The lowest BCUT2D eigenvalue weighted by molar-refractivity contribution is 0.0199. The molecule has 1 aromatic rings. The Morgan fingerprint density at radius 3 is 2.26 bits per heavy atom. The van der Waals surface area contributed by atoms with Gasteiger partial charge in [-0.15, -0.1) is 0 Å². The fraction of sp³-hybridized carbons (Fsp3) is 0.652. The molecular weight excluding hydrogens is 460 g/mol. The maximum atomic E-state index is 13.3. The number of carbonyl (C=O) groups excluding carboxylic acids is 2. The Bertz CT molecular complexity index is 991. The number of ether oxygens (including phenoxy) is 2. The lowest BCUT2D eigenvalue weighted by atomic mass is 10.0. The minimum atomic E-state index is -3.69. The van der Waals surface area contributed by atoms with Crippen molar-refractivity contribution in [2.24, 2.45) is 0 Å². The average molecular weight is 497 g/mol. The van der Waals surface area contributed by atoms with Gasteiger partial charge in [-0.1, -0.05) is 0 Å². The first-order valence-corrected chi connectivity index (χ1v) is 13.0. The van der Waals surface area contributed by atoms with Gasteiger partial charge in [-0.25, -0.2) is 17.5 Å². The number of nitrogens with one attached hydrogen (secondary N) is 1. The molecule has 0 radical (unpaired) electrons. The van der Waals surface area contributed by atoms with Crippen LogP contribution in [0.3, 0.4) is 0 Å². The van der Waals surface area contributed by atoms with Crippen LogP contribution in [0.1, 0.15) is 44.0 Å². The number of piperidine rings is 1. The minimum Gasteiger partial charge on any atom is -0.444 e. The van der Waals surface area contributed by atoms with Crippen LogP contribution in [0.25, 0.3) is 0 Å². The summed E-state index contributed by atoms with van der Waals surface area (Å²) < 4.78 is 37.4. The van der Waals surface area contributed by atoms with Crippen molar-refractivity contribution in [3.05, 3.63) is 23.8 Å². The van der Waals surface area contributed by atoms with E-state index in [4.69, 9.17) is 9.47 Å². The molecule has 190 valence electrons. The molecule has 34 heavy (non-hydrogen) atoms. The summed E-state index contributed by atoms with van der Waals surface area (Å²) in [6.45, 7) is 8.76. The highest BCUT2D eigenvalue weighted by Gasteiger charge is 2.29. The highest BCUT2D eigenvalue weighted by atomic mass is 32.2. The first kappa shape index (κ1) is 26.2. The van der Waals surface area contributed by atoms with E-state index >= 15 is 0 Å². The third-order valence-corrected chi connectivity index (χ3v) is 7.64. The molecule has 2 heterocycles. The number of anilines is 1. The van der Waals surface area contributed by atoms with Crippen molar-refractivity contribution >= 4 is 27.7 Å². The van der Waals surface area contributed by atoms with E-state index in [-0.39, 0.29) is 22.9 Å². The zero-order valence-corrected chi connectivity index (χ0v) is 21.5. The van der Waals surface area contributed by atoms with Crippen LogP contribution in [0, 0.1) is 0 Å². The number of amides is 2. The molecule has 1 N–H and O–H groups in total. The second-order valence-electron chi connectivity index (χ2n) is 9.78. The van der Waals surface area contributed by atoms with E-state index < -0.39 is 15.6 Å². The van der Waals surface area contributed by atoms with Gasteiger partial charge in [-0.2, -0.15) is 0 Å². The summed E-state index contributed by atoms with van der Waals surface area (Å²) in [7, 11) is -0.770. The Morgan fingerprint density at radius 1 is 1.09 bits per heavy atom. The van der Waals surface area contributed by atoms with Crippen molar-refractivity contribution in [1.82, 2.24) is 14.5 Å². The van der Waals surface area contributed by atoms with Gasteiger partial charge in [0.05, 0.1) is 23.7 Å². The summed E-state index contributed by atoms with van der Waals surface area (Å²) in [6, 6.07) is 4.56. The zero-order chi connectivity index (χ0) is 25.1. The summed E-state index contributed by atoms with van der Waals surface area (Å²) in [5.41, 5.74) is 0.444. The molecule has 0 atom stereocenters. The quantitative estimate of drug-likeness (QED) is 0.663. The van der Waals surface area contributed by atoms with Crippen LogP contribution in [-0.2, 0) is 19.5 Å². The molecule has 0 saturated carbocycles.